The Morgan fingerprint density at radius 3 is 2.73 bits per heavy atom. The van der Waals surface area contributed by atoms with E-state index in [2.05, 4.69) is 63.1 Å². The third-order valence-corrected chi connectivity index (χ3v) is 3.56. The molecule has 0 fully saturated rings. The minimum atomic E-state index is 0. The summed E-state index contributed by atoms with van der Waals surface area (Å²) in [5.74, 6) is 0.862. The molecule has 0 saturated carbocycles. The number of pyridine rings is 1. The monoisotopic (exact) mass is 413 g/mol. The zero-order valence-corrected chi connectivity index (χ0v) is 15.9. The number of guanidine groups is 1. The van der Waals surface area contributed by atoms with E-state index in [1.165, 1.54) is 11.3 Å². The fraction of sp³-hybridized carbons (Fsp3) is 0.375. The average molecular weight is 413 g/mol. The molecule has 2 aromatic heterocycles. The molecule has 0 spiro atoms. The lowest BCUT2D eigenvalue weighted by atomic mass is 10.2. The van der Waals surface area contributed by atoms with E-state index in [0.717, 1.165) is 18.2 Å². The lowest BCUT2D eigenvalue weighted by Crippen LogP contribution is -2.38. The average Bonchev–Trinajstić information content (AvgIpc) is 2.87. The molecule has 6 heteroatoms. The van der Waals surface area contributed by atoms with Gasteiger partial charge in [0.05, 0.1) is 18.8 Å². The first-order valence-corrected chi connectivity index (χ1v) is 7.04. The van der Waals surface area contributed by atoms with Crippen LogP contribution in [-0.4, -0.2) is 34.5 Å². The van der Waals surface area contributed by atoms with Crippen molar-refractivity contribution >= 4 is 29.9 Å². The Morgan fingerprint density at radius 2 is 2.14 bits per heavy atom. The maximum Gasteiger partial charge on any atom is 0.194 e. The van der Waals surface area contributed by atoms with Crippen molar-refractivity contribution in [3.63, 3.8) is 0 Å². The van der Waals surface area contributed by atoms with Crippen LogP contribution in [0.3, 0.4) is 0 Å². The second kappa shape index (κ2) is 8.77. The molecule has 0 aliphatic carbocycles. The third-order valence-electron chi connectivity index (χ3n) is 3.56. The Hall–Kier alpha value is -1.57. The molecule has 0 aliphatic rings. The van der Waals surface area contributed by atoms with Crippen LogP contribution in [0, 0.1) is 6.92 Å². The highest BCUT2D eigenvalue weighted by Crippen LogP contribution is 2.05. The maximum atomic E-state index is 4.39. The summed E-state index contributed by atoms with van der Waals surface area (Å²) in [6.07, 6.45) is 3.87. The molecular formula is C16H24IN5. The third kappa shape index (κ3) is 4.72. The first-order chi connectivity index (χ1) is 10.1. The number of aliphatic imine (C=N–C) groups is 1. The molecule has 0 unspecified atom stereocenters. The molecule has 0 aliphatic heterocycles. The van der Waals surface area contributed by atoms with Crippen LogP contribution in [0.4, 0.5) is 0 Å². The first kappa shape index (κ1) is 18.5. The molecule has 0 radical (unpaired) electrons. The molecule has 0 amide bonds. The lowest BCUT2D eigenvalue weighted by Gasteiger charge is -2.22. The predicted octanol–water partition coefficient (Wildman–Crippen LogP) is 2.55. The number of hydrogen-bond donors (Lipinski definition) is 1. The molecule has 0 atom stereocenters. The number of nitrogens with zero attached hydrogens (tertiary/aromatic N) is 4. The van der Waals surface area contributed by atoms with Crippen molar-refractivity contribution in [3.8, 4) is 0 Å². The fourth-order valence-corrected chi connectivity index (χ4v) is 2.23. The standard InChI is InChI=1S/C16H23N5.HI/c1-13-7-5-9-18-15(13)11-19-16(17-2)21(4)12-14-8-6-10-20(14)3;/h5-10H,11-12H2,1-4H3,(H,17,19);1H. The zero-order valence-electron chi connectivity index (χ0n) is 13.6. The normalized spacial score (nSPS) is 11.0. The van der Waals surface area contributed by atoms with Gasteiger partial charge in [0, 0.05) is 39.2 Å². The van der Waals surface area contributed by atoms with Crippen LogP contribution in [0.1, 0.15) is 17.0 Å². The van der Waals surface area contributed by atoms with Gasteiger partial charge in [0.2, 0.25) is 0 Å². The van der Waals surface area contributed by atoms with Gasteiger partial charge in [-0.05, 0) is 30.7 Å². The summed E-state index contributed by atoms with van der Waals surface area (Å²) >= 11 is 0. The maximum absolute atomic E-state index is 4.39. The van der Waals surface area contributed by atoms with Gasteiger partial charge in [0.25, 0.3) is 0 Å². The fourth-order valence-electron chi connectivity index (χ4n) is 2.23. The highest BCUT2D eigenvalue weighted by atomic mass is 127. The van der Waals surface area contributed by atoms with E-state index in [1.54, 1.807) is 7.05 Å². The van der Waals surface area contributed by atoms with Crippen molar-refractivity contribution in [1.82, 2.24) is 19.8 Å². The molecule has 2 heterocycles. The van der Waals surface area contributed by atoms with Gasteiger partial charge >= 0.3 is 0 Å². The van der Waals surface area contributed by atoms with Crippen LogP contribution in [0.25, 0.3) is 0 Å². The molecule has 2 rings (SSSR count). The van der Waals surface area contributed by atoms with E-state index in [1.807, 2.05) is 19.3 Å². The Bertz CT molecular complexity index is 621. The number of nitrogens with one attached hydrogen (secondary N) is 1. The minimum absolute atomic E-state index is 0. The molecule has 0 aromatic carbocycles. The SMILES string of the molecule is CN=C(NCc1ncccc1C)N(C)Cc1cccn1C.I. The number of aryl methyl sites for hydroxylation is 2. The van der Waals surface area contributed by atoms with E-state index < -0.39 is 0 Å². The van der Waals surface area contributed by atoms with Crippen molar-refractivity contribution in [1.29, 1.82) is 0 Å². The second-order valence-electron chi connectivity index (χ2n) is 5.13. The summed E-state index contributed by atoms with van der Waals surface area (Å²) < 4.78 is 2.12. The molecule has 1 N–H and O–H groups in total. The van der Waals surface area contributed by atoms with Gasteiger partial charge < -0.3 is 14.8 Å². The van der Waals surface area contributed by atoms with Crippen LogP contribution in [-0.2, 0) is 20.1 Å². The molecule has 120 valence electrons. The smallest absolute Gasteiger partial charge is 0.194 e. The van der Waals surface area contributed by atoms with Crippen molar-refractivity contribution < 1.29 is 0 Å². The topological polar surface area (TPSA) is 45.5 Å². The Balaban J connectivity index is 0.00000242. The molecule has 0 saturated heterocycles. The first-order valence-electron chi connectivity index (χ1n) is 7.04. The van der Waals surface area contributed by atoms with Gasteiger partial charge in [-0.15, -0.1) is 24.0 Å². The molecule has 0 bridgehead atoms. The predicted molar refractivity (Wildman–Crippen MR) is 101 cm³/mol. The number of aromatic nitrogens is 2. The van der Waals surface area contributed by atoms with E-state index >= 15 is 0 Å². The van der Waals surface area contributed by atoms with E-state index in [9.17, 15) is 0 Å². The summed E-state index contributed by atoms with van der Waals surface area (Å²) in [6, 6.07) is 8.19. The van der Waals surface area contributed by atoms with E-state index in [4.69, 9.17) is 0 Å². The quantitative estimate of drug-likeness (QED) is 0.476. The van der Waals surface area contributed by atoms with Crippen molar-refractivity contribution in [2.24, 2.45) is 12.0 Å². The van der Waals surface area contributed by atoms with Crippen LogP contribution >= 0.6 is 24.0 Å². The Labute approximate surface area is 149 Å². The van der Waals surface area contributed by atoms with E-state index in [-0.39, 0.29) is 24.0 Å². The summed E-state index contributed by atoms with van der Waals surface area (Å²) in [7, 11) is 5.89. The Morgan fingerprint density at radius 1 is 1.36 bits per heavy atom. The van der Waals surface area contributed by atoms with E-state index in [0.29, 0.717) is 6.54 Å². The summed E-state index contributed by atoms with van der Waals surface area (Å²) in [6.45, 7) is 3.56. The minimum Gasteiger partial charge on any atom is -0.353 e. The summed E-state index contributed by atoms with van der Waals surface area (Å²) in [5.41, 5.74) is 3.48. The summed E-state index contributed by atoms with van der Waals surface area (Å²) in [4.78, 5) is 10.8. The molecular weight excluding hydrogens is 389 g/mol. The second-order valence-corrected chi connectivity index (χ2v) is 5.13. The highest BCUT2D eigenvalue weighted by Gasteiger charge is 2.09. The van der Waals surface area contributed by atoms with Crippen LogP contribution in [0.5, 0.6) is 0 Å². The van der Waals surface area contributed by atoms with Crippen molar-refractivity contribution in [2.45, 2.75) is 20.0 Å². The Kier molecular flexibility index (Phi) is 7.37. The van der Waals surface area contributed by atoms with Gasteiger partial charge in [-0.1, -0.05) is 6.07 Å². The number of hydrogen-bond acceptors (Lipinski definition) is 2. The van der Waals surface area contributed by atoms with Gasteiger partial charge in [-0.3, -0.25) is 9.98 Å². The van der Waals surface area contributed by atoms with Gasteiger partial charge in [0.15, 0.2) is 5.96 Å². The summed E-state index contributed by atoms with van der Waals surface area (Å²) in [5, 5.41) is 3.36. The lowest BCUT2D eigenvalue weighted by molar-refractivity contribution is 0.461. The number of rotatable bonds is 4. The highest BCUT2D eigenvalue weighted by molar-refractivity contribution is 14.0. The van der Waals surface area contributed by atoms with Crippen molar-refractivity contribution in [3.05, 3.63) is 53.6 Å². The molecule has 2 aromatic rings. The zero-order chi connectivity index (χ0) is 15.2. The van der Waals surface area contributed by atoms with Gasteiger partial charge in [-0.2, -0.15) is 0 Å². The van der Waals surface area contributed by atoms with Gasteiger partial charge in [0.1, 0.15) is 0 Å². The number of halogens is 1. The largest absolute Gasteiger partial charge is 0.353 e. The molecule has 5 nitrogen and oxygen atoms in total. The van der Waals surface area contributed by atoms with Crippen molar-refractivity contribution in [2.75, 3.05) is 14.1 Å². The van der Waals surface area contributed by atoms with Crippen LogP contribution < -0.4 is 5.32 Å². The van der Waals surface area contributed by atoms with Gasteiger partial charge in [-0.25, -0.2) is 0 Å². The van der Waals surface area contributed by atoms with Crippen LogP contribution in [0.2, 0.25) is 0 Å². The van der Waals surface area contributed by atoms with Crippen LogP contribution in [0.15, 0.2) is 41.7 Å². The molecule has 22 heavy (non-hydrogen) atoms.